The number of halogens is 1. The van der Waals surface area contributed by atoms with E-state index in [0.29, 0.717) is 0 Å². The van der Waals surface area contributed by atoms with E-state index in [2.05, 4.69) is 42.7 Å². The van der Waals surface area contributed by atoms with Gasteiger partial charge in [-0.2, -0.15) is 0 Å². The standard InChI is InChI=1S/C15H23ClN2/c1-12-10-14(3)15(11-13(12)2)18-8-6-17(5-4-16)7-9-18/h10-11H,4-9H2,1-3H3. The van der Waals surface area contributed by atoms with Crippen LogP contribution in [0.25, 0.3) is 0 Å². The summed E-state index contributed by atoms with van der Waals surface area (Å²) in [7, 11) is 0. The first-order valence-corrected chi connectivity index (χ1v) is 7.26. The molecule has 0 spiro atoms. The van der Waals surface area contributed by atoms with Gasteiger partial charge >= 0.3 is 0 Å². The molecule has 0 aromatic heterocycles. The molecule has 18 heavy (non-hydrogen) atoms. The third-order valence-corrected chi connectivity index (χ3v) is 4.10. The van der Waals surface area contributed by atoms with Gasteiger partial charge in [-0.1, -0.05) is 6.07 Å². The molecular formula is C15H23ClN2. The smallest absolute Gasteiger partial charge is 0.0399 e. The van der Waals surface area contributed by atoms with Crippen LogP contribution in [-0.4, -0.2) is 43.5 Å². The van der Waals surface area contributed by atoms with E-state index in [9.17, 15) is 0 Å². The van der Waals surface area contributed by atoms with Gasteiger partial charge in [-0.3, -0.25) is 4.90 Å². The van der Waals surface area contributed by atoms with E-state index in [-0.39, 0.29) is 0 Å². The van der Waals surface area contributed by atoms with Crippen molar-refractivity contribution in [2.24, 2.45) is 0 Å². The third kappa shape index (κ3) is 2.99. The quantitative estimate of drug-likeness (QED) is 0.776. The number of benzene rings is 1. The zero-order valence-corrected chi connectivity index (χ0v) is 12.4. The number of piperazine rings is 1. The van der Waals surface area contributed by atoms with Gasteiger partial charge in [0.05, 0.1) is 0 Å². The normalized spacial score (nSPS) is 17.2. The largest absolute Gasteiger partial charge is 0.369 e. The lowest BCUT2D eigenvalue weighted by atomic mass is 10.0. The minimum Gasteiger partial charge on any atom is -0.369 e. The van der Waals surface area contributed by atoms with Gasteiger partial charge in [-0.25, -0.2) is 0 Å². The lowest BCUT2D eigenvalue weighted by Gasteiger charge is -2.36. The maximum absolute atomic E-state index is 5.80. The number of rotatable bonds is 3. The molecule has 0 N–H and O–H groups in total. The van der Waals surface area contributed by atoms with Crippen molar-refractivity contribution in [2.45, 2.75) is 20.8 Å². The second kappa shape index (κ2) is 5.94. The predicted molar refractivity (Wildman–Crippen MR) is 80.0 cm³/mol. The first-order chi connectivity index (χ1) is 8.61. The molecule has 1 fully saturated rings. The molecule has 0 saturated carbocycles. The molecule has 0 aliphatic carbocycles. The topological polar surface area (TPSA) is 6.48 Å². The van der Waals surface area contributed by atoms with Gasteiger partial charge in [0, 0.05) is 44.3 Å². The molecule has 1 aliphatic heterocycles. The molecule has 0 unspecified atom stereocenters. The van der Waals surface area contributed by atoms with Crippen LogP contribution in [0.3, 0.4) is 0 Å². The fraction of sp³-hybridized carbons (Fsp3) is 0.600. The van der Waals surface area contributed by atoms with E-state index in [1.165, 1.54) is 22.4 Å². The van der Waals surface area contributed by atoms with Crippen molar-refractivity contribution in [3.05, 3.63) is 28.8 Å². The van der Waals surface area contributed by atoms with Crippen LogP contribution < -0.4 is 4.90 Å². The lowest BCUT2D eigenvalue weighted by Crippen LogP contribution is -2.47. The van der Waals surface area contributed by atoms with E-state index in [1.54, 1.807) is 0 Å². The monoisotopic (exact) mass is 266 g/mol. The van der Waals surface area contributed by atoms with Gasteiger partial charge in [-0.05, 0) is 43.5 Å². The van der Waals surface area contributed by atoms with Crippen LogP contribution in [0.1, 0.15) is 16.7 Å². The summed E-state index contributed by atoms with van der Waals surface area (Å²) in [5.41, 5.74) is 5.57. The van der Waals surface area contributed by atoms with Gasteiger partial charge in [0.25, 0.3) is 0 Å². The maximum atomic E-state index is 5.80. The Morgan fingerprint density at radius 1 is 0.944 bits per heavy atom. The van der Waals surface area contributed by atoms with Gasteiger partial charge in [-0.15, -0.1) is 11.6 Å². The molecule has 1 aliphatic rings. The van der Waals surface area contributed by atoms with Crippen molar-refractivity contribution < 1.29 is 0 Å². The molecule has 0 bridgehead atoms. The Kier molecular flexibility index (Phi) is 4.52. The van der Waals surface area contributed by atoms with E-state index in [4.69, 9.17) is 11.6 Å². The zero-order chi connectivity index (χ0) is 13.1. The summed E-state index contributed by atoms with van der Waals surface area (Å²) in [6.45, 7) is 12.1. The Labute approximate surface area is 116 Å². The Bertz CT molecular complexity index is 409. The van der Waals surface area contributed by atoms with Crippen molar-refractivity contribution in [3.63, 3.8) is 0 Å². The SMILES string of the molecule is Cc1cc(C)c(N2CCN(CCCl)CC2)cc1C. The van der Waals surface area contributed by atoms with E-state index in [0.717, 1.165) is 38.6 Å². The van der Waals surface area contributed by atoms with Gasteiger partial charge in [0.1, 0.15) is 0 Å². The third-order valence-electron chi connectivity index (χ3n) is 3.93. The van der Waals surface area contributed by atoms with Crippen LogP contribution in [0.4, 0.5) is 5.69 Å². The molecule has 1 saturated heterocycles. The molecule has 3 heteroatoms. The van der Waals surface area contributed by atoms with E-state index < -0.39 is 0 Å². The molecule has 1 aromatic carbocycles. The van der Waals surface area contributed by atoms with Gasteiger partial charge in [0.15, 0.2) is 0 Å². The van der Waals surface area contributed by atoms with Crippen molar-refractivity contribution in [2.75, 3.05) is 43.5 Å². The summed E-state index contributed by atoms with van der Waals surface area (Å²) in [5, 5.41) is 0. The average molecular weight is 267 g/mol. The van der Waals surface area contributed by atoms with Gasteiger partial charge < -0.3 is 4.90 Å². The number of aryl methyl sites for hydroxylation is 3. The first-order valence-electron chi connectivity index (χ1n) is 6.73. The molecular weight excluding hydrogens is 244 g/mol. The van der Waals surface area contributed by atoms with Crippen LogP contribution in [0, 0.1) is 20.8 Å². The number of anilines is 1. The maximum Gasteiger partial charge on any atom is 0.0399 e. The van der Waals surface area contributed by atoms with Crippen LogP contribution in [0.15, 0.2) is 12.1 Å². The van der Waals surface area contributed by atoms with Crippen LogP contribution in [-0.2, 0) is 0 Å². The Morgan fingerprint density at radius 3 is 2.17 bits per heavy atom. The molecule has 0 radical (unpaired) electrons. The summed E-state index contributed by atoms with van der Waals surface area (Å²) in [6, 6.07) is 4.64. The summed E-state index contributed by atoms with van der Waals surface area (Å²) < 4.78 is 0. The minimum absolute atomic E-state index is 0.739. The summed E-state index contributed by atoms with van der Waals surface area (Å²) in [4.78, 5) is 4.95. The molecule has 2 nitrogen and oxygen atoms in total. The summed E-state index contributed by atoms with van der Waals surface area (Å²) in [5.74, 6) is 0.739. The zero-order valence-electron chi connectivity index (χ0n) is 11.7. The average Bonchev–Trinajstić information content (AvgIpc) is 2.35. The Hall–Kier alpha value is -0.730. The molecule has 0 atom stereocenters. The molecule has 1 aromatic rings. The van der Waals surface area contributed by atoms with Crippen LogP contribution >= 0.6 is 11.6 Å². The number of hydrogen-bond donors (Lipinski definition) is 0. The van der Waals surface area contributed by atoms with Gasteiger partial charge in [0.2, 0.25) is 0 Å². The van der Waals surface area contributed by atoms with Crippen LogP contribution in [0.5, 0.6) is 0 Å². The fourth-order valence-electron chi connectivity index (χ4n) is 2.62. The minimum atomic E-state index is 0.739. The predicted octanol–water partition coefficient (Wildman–Crippen LogP) is 2.97. The Morgan fingerprint density at radius 2 is 1.56 bits per heavy atom. The lowest BCUT2D eigenvalue weighted by molar-refractivity contribution is 0.272. The number of nitrogens with zero attached hydrogens (tertiary/aromatic N) is 2. The highest BCUT2D eigenvalue weighted by atomic mass is 35.5. The second-order valence-electron chi connectivity index (χ2n) is 5.24. The number of alkyl halides is 1. The second-order valence-corrected chi connectivity index (χ2v) is 5.62. The van der Waals surface area contributed by atoms with Crippen molar-refractivity contribution >= 4 is 17.3 Å². The van der Waals surface area contributed by atoms with Crippen LogP contribution in [0.2, 0.25) is 0 Å². The van der Waals surface area contributed by atoms with Crippen molar-refractivity contribution in [1.82, 2.24) is 4.90 Å². The summed E-state index contributed by atoms with van der Waals surface area (Å²) >= 11 is 5.80. The summed E-state index contributed by atoms with van der Waals surface area (Å²) in [6.07, 6.45) is 0. The first kappa shape index (κ1) is 13.7. The Balaban J connectivity index is 2.07. The fourth-order valence-corrected chi connectivity index (χ4v) is 2.86. The van der Waals surface area contributed by atoms with E-state index >= 15 is 0 Å². The molecule has 100 valence electrons. The highest BCUT2D eigenvalue weighted by molar-refractivity contribution is 6.18. The molecule has 0 amide bonds. The molecule has 1 heterocycles. The highest BCUT2D eigenvalue weighted by Gasteiger charge is 2.18. The highest BCUT2D eigenvalue weighted by Crippen LogP contribution is 2.25. The van der Waals surface area contributed by atoms with Crippen molar-refractivity contribution in [1.29, 1.82) is 0 Å². The van der Waals surface area contributed by atoms with Crippen molar-refractivity contribution in [3.8, 4) is 0 Å². The number of hydrogen-bond acceptors (Lipinski definition) is 2. The molecule has 2 rings (SSSR count). The van der Waals surface area contributed by atoms with E-state index in [1.807, 2.05) is 0 Å².